The van der Waals surface area contributed by atoms with E-state index in [4.69, 9.17) is 4.74 Å². The largest absolute Gasteiger partial charge is 0.379 e. The van der Waals surface area contributed by atoms with Crippen LogP contribution in [0.25, 0.3) is 0 Å². The van der Waals surface area contributed by atoms with Gasteiger partial charge in [-0.1, -0.05) is 13.8 Å². The first-order chi connectivity index (χ1) is 11.0. The van der Waals surface area contributed by atoms with E-state index < -0.39 is 0 Å². The zero-order valence-corrected chi connectivity index (χ0v) is 15.5. The van der Waals surface area contributed by atoms with E-state index in [-0.39, 0.29) is 5.91 Å². The molecule has 1 fully saturated rings. The molecule has 5 nitrogen and oxygen atoms in total. The van der Waals surface area contributed by atoms with Gasteiger partial charge < -0.3 is 10.1 Å². The van der Waals surface area contributed by atoms with E-state index in [2.05, 4.69) is 36.0 Å². The molecule has 0 bridgehead atoms. The minimum absolute atomic E-state index is 0.129. The third-order valence-corrected chi connectivity index (χ3v) is 5.77. The van der Waals surface area contributed by atoms with Gasteiger partial charge >= 0.3 is 0 Å². The number of nitrogens with one attached hydrogen (secondary N) is 1. The monoisotopic (exact) mass is 339 g/mol. The van der Waals surface area contributed by atoms with Crippen LogP contribution in [0, 0.1) is 6.92 Å². The average Bonchev–Trinajstić information content (AvgIpc) is 2.92. The molecule has 6 heteroatoms. The summed E-state index contributed by atoms with van der Waals surface area (Å²) in [6, 6.07) is 0.433. The maximum Gasteiger partial charge on any atom is 0.220 e. The van der Waals surface area contributed by atoms with Gasteiger partial charge in [-0.15, -0.1) is 11.3 Å². The van der Waals surface area contributed by atoms with Crippen LogP contribution >= 0.6 is 11.3 Å². The molecular weight excluding hydrogens is 310 g/mol. The lowest BCUT2D eigenvalue weighted by Gasteiger charge is -2.32. The van der Waals surface area contributed by atoms with Crippen molar-refractivity contribution in [1.82, 2.24) is 15.2 Å². The molecule has 1 aliphatic rings. The Balaban J connectivity index is 1.72. The topological polar surface area (TPSA) is 54.5 Å². The second kappa shape index (κ2) is 8.76. The molecule has 130 valence electrons. The number of carbonyl (C=O) groups excluding carboxylic acids is 1. The van der Waals surface area contributed by atoms with E-state index in [1.54, 1.807) is 11.3 Å². The average molecular weight is 340 g/mol. The molecule has 1 aromatic heterocycles. The summed E-state index contributed by atoms with van der Waals surface area (Å²) in [7, 11) is 0. The second-order valence-corrected chi connectivity index (χ2v) is 7.64. The van der Waals surface area contributed by atoms with Gasteiger partial charge in [-0.05, 0) is 20.3 Å². The lowest BCUT2D eigenvalue weighted by atomic mass is 10.1. The Morgan fingerprint density at radius 1 is 1.35 bits per heavy atom. The molecule has 0 aliphatic carbocycles. The molecule has 1 N–H and O–H groups in total. The minimum Gasteiger partial charge on any atom is -0.379 e. The van der Waals surface area contributed by atoms with Gasteiger partial charge in [-0.3, -0.25) is 9.69 Å². The Labute approximate surface area is 143 Å². The Kier molecular flexibility index (Phi) is 6.99. The first-order valence-corrected chi connectivity index (χ1v) is 9.33. The van der Waals surface area contributed by atoms with Crippen molar-refractivity contribution in [2.45, 2.75) is 59.0 Å². The summed E-state index contributed by atoms with van der Waals surface area (Å²) in [6.07, 6.45) is 1.47. The highest BCUT2D eigenvalue weighted by Gasteiger charge is 2.18. The Morgan fingerprint density at radius 3 is 2.65 bits per heavy atom. The van der Waals surface area contributed by atoms with Crippen molar-refractivity contribution in [3.05, 3.63) is 15.6 Å². The highest BCUT2D eigenvalue weighted by atomic mass is 32.1. The highest BCUT2D eigenvalue weighted by molar-refractivity contribution is 7.11. The Hall–Kier alpha value is -0.980. The highest BCUT2D eigenvalue weighted by Crippen LogP contribution is 2.24. The van der Waals surface area contributed by atoms with E-state index in [0.717, 1.165) is 43.4 Å². The molecule has 0 aromatic carbocycles. The normalized spacial score (nSPS) is 17.4. The van der Waals surface area contributed by atoms with Crippen LogP contribution < -0.4 is 5.32 Å². The van der Waals surface area contributed by atoms with E-state index in [1.807, 2.05) is 6.92 Å². The van der Waals surface area contributed by atoms with Crippen LogP contribution in [0.3, 0.4) is 0 Å². The molecule has 1 amide bonds. The summed E-state index contributed by atoms with van der Waals surface area (Å²) in [5.74, 6) is 0.571. The van der Waals surface area contributed by atoms with E-state index in [1.165, 1.54) is 4.88 Å². The van der Waals surface area contributed by atoms with Crippen molar-refractivity contribution < 1.29 is 9.53 Å². The molecule has 0 unspecified atom stereocenters. The number of hydrogen-bond donors (Lipinski definition) is 1. The Morgan fingerprint density at radius 2 is 2.04 bits per heavy atom. The number of amides is 1. The first-order valence-electron chi connectivity index (χ1n) is 8.52. The number of carbonyl (C=O) groups is 1. The molecule has 1 atom stereocenters. The van der Waals surface area contributed by atoms with Gasteiger partial charge in [-0.25, -0.2) is 4.98 Å². The zero-order chi connectivity index (χ0) is 16.8. The molecule has 1 aromatic rings. The van der Waals surface area contributed by atoms with Crippen molar-refractivity contribution >= 4 is 17.2 Å². The molecule has 2 heterocycles. The number of hydrogen-bond acceptors (Lipinski definition) is 5. The SMILES string of the molecule is Cc1nc(C(C)C)sc1CNC(=O)CC[C@@H](C)N1CCOCC1. The number of thiazole rings is 1. The predicted octanol–water partition coefficient (Wildman–Crippen LogP) is 2.69. The van der Waals surface area contributed by atoms with Gasteiger partial charge in [0, 0.05) is 36.3 Å². The van der Waals surface area contributed by atoms with Crippen LogP contribution in [0.1, 0.15) is 55.1 Å². The fourth-order valence-corrected chi connectivity index (χ4v) is 3.68. The summed E-state index contributed by atoms with van der Waals surface area (Å²) in [4.78, 5) is 20.2. The lowest BCUT2D eigenvalue weighted by molar-refractivity contribution is -0.121. The summed E-state index contributed by atoms with van der Waals surface area (Å²) >= 11 is 1.71. The molecule has 0 spiro atoms. The van der Waals surface area contributed by atoms with E-state index >= 15 is 0 Å². The molecule has 2 rings (SSSR count). The molecule has 1 aliphatic heterocycles. The van der Waals surface area contributed by atoms with Crippen molar-refractivity contribution in [2.75, 3.05) is 26.3 Å². The third kappa shape index (κ3) is 5.55. The van der Waals surface area contributed by atoms with Gasteiger partial charge in [0.2, 0.25) is 5.91 Å². The molecule has 23 heavy (non-hydrogen) atoms. The van der Waals surface area contributed by atoms with E-state index in [0.29, 0.717) is 24.9 Å². The van der Waals surface area contributed by atoms with Crippen LogP contribution in [-0.4, -0.2) is 48.1 Å². The third-order valence-electron chi connectivity index (χ3n) is 4.31. The molecular formula is C17H29N3O2S. The predicted molar refractivity (Wildman–Crippen MR) is 93.9 cm³/mol. The quantitative estimate of drug-likeness (QED) is 0.830. The summed E-state index contributed by atoms with van der Waals surface area (Å²) in [6.45, 7) is 12.7. The van der Waals surface area contributed by atoms with Gasteiger partial charge in [0.25, 0.3) is 0 Å². The molecule has 0 saturated carbocycles. The van der Waals surface area contributed by atoms with Gasteiger partial charge in [0.1, 0.15) is 0 Å². The maximum atomic E-state index is 12.1. The van der Waals surface area contributed by atoms with Crippen molar-refractivity contribution in [3.8, 4) is 0 Å². The lowest BCUT2D eigenvalue weighted by Crippen LogP contribution is -2.42. The van der Waals surface area contributed by atoms with Gasteiger partial charge in [-0.2, -0.15) is 0 Å². The van der Waals surface area contributed by atoms with Crippen molar-refractivity contribution in [3.63, 3.8) is 0 Å². The number of rotatable bonds is 7. The van der Waals surface area contributed by atoms with Crippen LogP contribution in [0.4, 0.5) is 0 Å². The summed E-state index contributed by atoms with van der Waals surface area (Å²) in [5.41, 5.74) is 1.04. The van der Waals surface area contributed by atoms with Crippen molar-refractivity contribution in [1.29, 1.82) is 0 Å². The number of ether oxygens (including phenoxy) is 1. The smallest absolute Gasteiger partial charge is 0.220 e. The molecule has 1 saturated heterocycles. The fraction of sp³-hybridized carbons (Fsp3) is 0.765. The van der Waals surface area contributed by atoms with Crippen LogP contribution in [0.5, 0.6) is 0 Å². The second-order valence-electron chi connectivity index (χ2n) is 6.53. The fourth-order valence-electron chi connectivity index (χ4n) is 2.67. The molecule has 0 radical (unpaired) electrons. The van der Waals surface area contributed by atoms with Crippen LogP contribution in [-0.2, 0) is 16.1 Å². The number of aromatic nitrogens is 1. The number of morpholine rings is 1. The minimum atomic E-state index is 0.129. The number of nitrogens with zero attached hydrogens (tertiary/aromatic N) is 2. The standard InChI is InChI=1S/C17H29N3O2S/c1-12(2)17-19-14(4)15(23-17)11-18-16(21)6-5-13(3)20-7-9-22-10-8-20/h12-13H,5-11H2,1-4H3,(H,18,21)/t13-/m1/s1. The van der Waals surface area contributed by atoms with E-state index in [9.17, 15) is 4.79 Å². The van der Waals surface area contributed by atoms with Crippen molar-refractivity contribution in [2.24, 2.45) is 0 Å². The number of aryl methyl sites for hydroxylation is 1. The Bertz CT molecular complexity index is 510. The maximum absolute atomic E-state index is 12.1. The zero-order valence-electron chi connectivity index (χ0n) is 14.7. The summed E-state index contributed by atoms with van der Waals surface area (Å²) in [5, 5.41) is 4.18. The van der Waals surface area contributed by atoms with Crippen LogP contribution in [0.15, 0.2) is 0 Å². The van der Waals surface area contributed by atoms with Gasteiger partial charge in [0.15, 0.2) is 0 Å². The first kappa shape index (κ1) is 18.4. The van der Waals surface area contributed by atoms with Crippen LogP contribution in [0.2, 0.25) is 0 Å². The summed E-state index contributed by atoms with van der Waals surface area (Å²) < 4.78 is 5.37. The van der Waals surface area contributed by atoms with Gasteiger partial charge in [0.05, 0.1) is 30.5 Å².